The number of hydrogen-bond donors (Lipinski definition) is 1. The normalized spacial score (nSPS) is 12.9. The van der Waals surface area contributed by atoms with Gasteiger partial charge in [-0.2, -0.15) is 0 Å². The van der Waals surface area contributed by atoms with Gasteiger partial charge in [0, 0.05) is 0 Å². The summed E-state index contributed by atoms with van der Waals surface area (Å²) in [5.74, 6) is 0.242. The van der Waals surface area contributed by atoms with E-state index in [4.69, 9.17) is 0 Å². The van der Waals surface area contributed by atoms with E-state index in [1.54, 1.807) is 0 Å². The lowest BCUT2D eigenvalue weighted by molar-refractivity contribution is 0.532. The van der Waals surface area contributed by atoms with Crippen LogP contribution in [0.4, 0.5) is 4.39 Å². The molecule has 0 aliphatic carbocycles. The van der Waals surface area contributed by atoms with Crippen LogP contribution in [0.5, 0.6) is 0 Å². The van der Waals surface area contributed by atoms with Crippen molar-refractivity contribution in [3.8, 4) is 0 Å². The number of aromatic nitrogens is 2. The number of nitrogens with zero attached hydrogens (tertiary/aromatic N) is 2. The van der Waals surface area contributed by atoms with Gasteiger partial charge in [-0.15, -0.1) is 0 Å². The minimum atomic E-state index is -0.398. The summed E-state index contributed by atoms with van der Waals surface area (Å²) in [4.78, 5) is 7.74. The van der Waals surface area contributed by atoms with Crippen molar-refractivity contribution in [3.05, 3.63) is 24.0 Å². The molecule has 1 unspecified atom stereocenters. The van der Waals surface area contributed by atoms with E-state index in [2.05, 4.69) is 15.3 Å². The van der Waals surface area contributed by atoms with Crippen LogP contribution < -0.4 is 5.32 Å². The van der Waals surface area contributed by atoms with Crippen molar-refractivity contribution in [3.63, 3.8) is 0 Å². The van der Waals surface area contributed by atoms with Gasteiger partial charge in [-0.1, -0.05) is 6.92 Å². The summed E-state index contributed by atoms with van der Waals surface area (Å²) < 4.78 is 12.4. The van der Waals surface area contributed by atoms with Crippen molar-refractivity contribution < 1.29 is 4.39 Å². The van der Waals surface area contributed by atoms with Crippen molar-refractivity contribution in [1.82, 2.24) is 15.3 Å². The molecule has 3 nitrogen and oxygen atoms in total. The first kappa shape index (κ1) is 9.06. The molecule has 0 aromatic carbocycles. The molecule has 0 aliphatic heterocycles. The van der Waals surface area contributed by atoms with Crippen LogP contribution in [-0.4, -0.2) is 17.0 Å². The molecule has 0 aliphatic rings. The van der Waals surface area contributed by atoms with E-state index in [0.29, 0.717) is 5.82 Å². The first-order valence-electron chi connectivity index (χ1n) is 3.92. The summed E-state index contributed by atoms with van der Waals surface area (Å²) in [6.45, 7) is 2.02. The first-order chi connectivity index (χ1) is 5.77. The van der Waals surface area contributed by atoms with E-state index >= 15 is 0 Å². The summed E-state index contributed by atoms with van der Waals surface area (Å²) in [6, 6.07) is 0.116. The van der Waals surface area contributed by atoms with E-state index in [9.17, 15) is 4.39 Å². The Labute approximate surface area is 71.0 Å². The number of halogens is 1. The fraction of sp³-hybridized carbons (Fsp3) is 0.500. The predicted molar refractivity (Wildman–Crippen MR) is 44.1 cm³/mol. The van der Waals surface area contributed by atoms with Gasteiger partial charge < -0.3 is 5.32 Å². The molecular weight excluding hydrogens is 157 g/mol. The van der Waals surface area contributed by atoms with Crippen LogP contribution in [-0.2, 0) is 0 Å². The molecule has 0 fully saturated rings. The molecule has 4 heteroatoms. The molecule has 1 aromatic rings. The van der Waals surface area contributed by atoms with E-state index in [1.165, 1.54) is 12.4 Å². The van der Waals surface area contributed by atoms with Gasteiger partial charge in [-0.3, -0.25) is 0 Å². The minimum Gasteiger partial charge on any atom is -0.310 e. The maximum atomic E-state index is 12.4. The number of hydrogen-bond acceptors (Lipinski definition) is 3. The molecule has 0 saturated heterocycles. The average Bonchev–Trinajstić information content (AvgIpc) is 2.10. The third kappa shape index (κ3) is 1.98. The summed E-state index contributed by atoms with van der Waals surface area (Å²) >= 11 is 0. The fourth-order valence-corrected chi connectivity index (χ4v) is 1.02. The highest BCUT2D eigenvalue weighted by Gasteiger charge is 2.08. The van der Waals surface area contributed by atoms with Crippen molar-refractivity contribution in [2.75, 3.05) is 7.05 Å². The topological polar surface area (TPSA) is 37.8 Å². The van der Waals surface area contributed by atoms with Crippen LogP contribution in [0.3, 0.4) is 0 Å². The number of nitrogens with one attached hydrogen (secondary N) is 1. The Hall–Kier alpha value is -1.03. The SMILES string of the molecule is CCC(NC)c1ncc(F)cn1. The second-order valence-corrected chi connectivity index (χ2v) is 2.51. The smallest absolute Gasteiger partial charge is 0.159 e. The van der Waals surface area contributed by atoms with Crippen LogP contribution in [0.15, 0.2) is 12.4 Å². The van der Waals surface area contributed by atoms with Crippen LogP contribution >= 0.6 is 0 Å². The average molecular weight is 169 g/mol. The van der Waals surface area contributed by atoms with Crippen LogP contribution in [0.25, 0.3) is 0 Å². The van der Waals surface area contributed by atoms with E-state index in [1.807, 2.05) is 14.0 Å². The van der Waals surface area contributed by atoms with Crippen LogP contribution in [0, 0.1) is 5.82 Å². The summed E-state index contributed by atoms with van der Waals surface area (Å²) in [5, 5.41) is 3.04. The lowest BCUT2D eigenvalue weighted by atomic mass is 10.2. The molecule has 66 valence electrons. The van der Waals surface area contributed by atoms with Gasteiger partial charge in [0.25, 0.3) is 0 Å². The van der Waals surface area contributed by atoms with Gasteiger partial charge in [0.2, 0.25) is 0 Å². The molecule has 1 aromatic heterocycles. The minimum absolute atomic E-state index is 0.116. The molecule has 12 heavy (non-hydrogen) atoms. The third-order valence-corrected chi connectivity index (χ3v) is 1.71. The Morgan fingerprint density at radius 2 is 2.08 bits per heavy atom. The Bertz CT molecular complexity index is 231. The van der Waals surface area contributed by atoms with Crippen LogP contribution in [0.2, 0.25) is 0 Å². The highest BCUT2D eigenvalue weighted by molar-refractivity contribution is 4.96. The Morgan fingerprint density at radius 1 is 1.50 bits per heavy atom. The first-order valence-corrected chi connectivity index (χ1v) is 3.92. The van der Waals surface area contributed by atoms with Crippen LogP contribution in [0.1, 0.15) is 25.2 Å². The molecule has 0 bridgehead atoms. The Balaban J connectivity index is 2.80. The van der Waals surface area contributed by atoms with Crippen molar-refractivity contribution in [1.29, 1.82) is 0 Å². The van der Waals surface area contributed by atoms with Crippen molar-refractivity contribution >= 4 is 0 Å². The summed E-state index contributed by atoms with van der Waals surface area (Å²) in [5.41, 5.74) is 0. The molecule has 0 spiro atoms. The highest BCUT2D eigenvalue weighted by atomic mass is 19.1. The molecular formula is C8H12FN3. The van der Waals surface area contributed by atoms with Gasteiger partial charge in [-0.05, 0) is 13.5 Å². The van der Waals surface area contributed by atoms with E-state index in [-0.39, 0.29) is 6.04 Å². The molecule has 1 rings (SSSR count). The largest absolute Gasteiger partial charge is 0.310 e. The van der Waals surface area contributed by atoms with Gasteiger partial charge in [0.15, 0.2) is 5.82 Å². The Morgan fingerprint density at radius 3 is 2.50 bits per heavy atom. The third-order valence-electron chi connectivity index (χ3n) is 1.71. The molecule has 1 N–H and O–H groups in total. The van der Waals surface area contributed by atoms with Crippen molar-refractivity contribution in [2.45, 2.75) is 19.4 Å². The molecule has 1 atom stereocenters. The van der Waals surface area contributed by atoms with Gasteiger partial charge >= 0.3 is 0 Å². The van der Waals surface area contributed by atoms with E-state index in [0.717, 1.165) is 6.42 Å². The lowest BCUT2D eigenvalue weighted by Gasteiger charge is -2.10. The molecule has 0 saturated carbocycles. The molecule has 1 heterocycles. The number of rotatable bonds is 3. The maximum absolute atomic E-state index is 12.4. The highest BCUT2D eigenvalue weighted by Crippen LogP contribution is 2.09. The monoisotopic (exact) mass is 169 g/mol. The second-order valence-electron chi connectivity index (χ2n) is 2.51. The van der Waals surface area contributed by atoms with Gasteiger partial charge in [0.1, 0.15) is 5.82 Å². The van der Waals surface area contributed by atoms with Gasteiger partial charge in [-0.25, -0.2) is 14.4 Å². The second kappa shape index (κ2) is 4.11. The lowest BCUT2D eigenvalue weighted by Crippen LogP contribution is -2.17. The van der Waals surface area contributed by atoms with E-state index < -0.39 is 5.82 Å². The van der Waals surface area contributed by atoms with Gasteiger partial charge in [0.05, 0.1) is 18.4 Å². The predicted octanol–water partition coefficient (Wildman–Crippen LogP) is 1.29. The Kier molecular flexibility index (Phi) is 3.10. The zero-order valence-corrected chi connectivity index (χ0v) is 7.21. The summed E-state index contributed by atoms with van der Waals surface area (Å²) in [6.07, 6.45) is 3.26. The summed E-state index contributed by atoms with van der Waals surface area (Å²) in [7, 11) is 1.83. The maximum Gasteiger partial charge on any atom is 0.159 e. The zero-order valence-electron chi connectivity index (χ0n) is 7.21. The zero-order chi connectivity index (χ0) is 8.97. The van der Waals surface area contributed by atoms with Crippen molar-refractivity contribution in [2.24, 2.45) is 0 Å². The molecule has 0 amide bonds. The fourth-order valence-electron chi connectivity index (χ4n) is 1.02. The molecule has 0 radical (unpaired) electrons. The standard InChI is InChI=1S/C8H12FN3/c1-3-7(10-2)8-11-4-6(9)5-12-8/h4-5,7,10H,3H2,1-2H3. The quantitative estimate of drug-likeness (QED) is 0.740.